The highest BCUT2D eigenvalue weighted by molar-refractivity contribution is 5.82. The highest BCUT2D eigenvalue weighted by Crippen LogP contribution is 2.39. The fraction of sp³-hybridized carbons (Fsp3) is 0.552. The molecule has 0 spiro atoms. The molecule has 0 aliphatic heterocycles. The normalized spacial score (nSPS) is 16.3. The van der Waals surface area contributed by atoms with Crippen molar-refractivity contribution in [3.63, 3.8) is 0 Å². The molecule has 2 fully saturated rings. The average molecular weight is 622 g/mol. The first-order chi connectivity index (χ1) is 20.8. The average Bonchev–Trinajstić information content (AvgIpc) is 3.28. The maximum Gasteiger partial charge on any atom is 0.416 e. The number of anilines is 2. The lowest BCUT2D eigenvalue weighted by Crippen LogP contribution is -2.37. The van der Waals surface area contributed by atoms with Gasteiger partial charge in [0.15, 0.2) is 5.65 Å². The van der Waals surface area contributed by atoms with Crippen LogP contribution in [0.3, 0.4) is 0 Å². The Labute approximate surface area is 249 Å². The molecule has 2 saturated carbocycles. The van der Waals surface area contributed by atoms with Crippen LogP contribution in [0.1, 0.15) is 66.5 Å². The second-order valence-corrected chi connectivity index (χ2v) is 11.9. The van der Waals surface area contributed by atoms with Gasteiger partial charge in [0.2, 0.25) is 0 Å². The number of aromatic nitrogens is 7. The van der Waals surface area contributed by atoms with Crippen LogP contribution >= 0.6 is 0 Å². The first-order valence-electron chi connectivity index (χ1n) is 14.6. The molecule has 0 radical (unpaired) electrons. The van der Waals surface area contributed by atoms with E-state index in [4.69, 9.17) is 4.98 Å². The number of aryl methyl sites for hydroxylation is 3. The van der Waals surface area contributed by atoms with Gasteiger partial charge in [-0.3, -0.25) is 4.68 Å². The minimum Gasteiger partial charge on any atom is -0.353 e. The molecule has 0 saturated heterocycles. The zero-order valence-electron chi connectivity index (χ0n) is 24.6. The highest BCUT2D eigenvalue weighted by atomic mass is 19.4. The SMILES string of the molecule is Cc1nn(C)c2nc(N(CC3CC3)C3CCCC3)c(CN(Cc3cc(C(F)(F)F)cc(C(F)(F)F)c3)c3nnn(C)n3)cc12. The van der Waals surface area contributed by atoms with E-state index in [1.807, 2.05) is 20.0 Å². The van der Waals surface area contributed by atoms with E-state index in [-0.39, 0.29) is 36.7 Å². The Morgan fingerprint density at radius 3 is 2.09 bits per heavy atom. The Kier molecular flexibility index (Phi) is 7.68. The smallest absolute Gasteiger partial charge is 0.353 e. The van der Waals surface area contributed by atoms with Crippen molar-refractivity contribution >= 4 is 22.8 Å². The van der Waals surface area contributed by atoms with Gasteiger partial charge in [-0.05, 0) is 73.6 Å². The number of nitrogens with zero attached hydrogens (tertiary/aromatic N) is 9. The van der Waals surface area contributed by atoms with Crippen molar-refractivity contribution in [2.24, 2.45) is 20.0 Å². The number of fused-ring (bicyclic) bond motifs is 1. The van der Waals surface area contributed by atoms with E-state index in [1.165, 1.54) is 11.8 Å². The van der Waals surface area contributed by atoms with E-state index >= 15 is 0 Å². The van der Waals surface area contributed by atoms with Crippen LogP contribution in [0, 0.1) is 12.8 Å². The van der Waals surface area contributed by atoms with Gasteiger partial charge in [0.25, 0.3) is 5.95 Å². The second-order valence-electron chi connectivity index (χ2n) is 11.9. The van der Waals surface area contributed by atoms with Gasteiger partial charge in [-0.2, -0.15) is 36.2 Å². The molecule has 0 unspecified atom stereocenters. The molecule has 6 rings (SSSR count). The van der Waals surface area contributed by atoms with Crippen LogP contribution in [0.25, 0.3) is 11.0 Å². The summed E-state index contributed by atoms with van der Waals surface area (Å²) >= 11 is 0. The fourth-order valence-electron chi connectivity index (χ4n) is 6.08. The summed E-state index contributed by atoms with van der Waals surface area (Å²) < 4.78 is 83.9. The van der Waals surface area contributed by atoms with Crippen LogP contribution < -0.4 is 9.80 Å². The maximum atomic E-state index is 13.7. The van der Waals surface area contributed by atoms with Gasteiger partial charge in [0.1, 0.15) is 5.82 Å². The Morgan fingerprint density at radius 2 is 1.52 bits per heavy atom. The molecule has 44 heavy (non-hydrogen) atoms. The number of tetrazole rings is 1. The van der Waals surface area contributed by atoms with Crippen molar-refractivity contribution < 1.29 is 26.3 Å². The van der Waals surface area contributed by atoms with Gasteiger partial charge in [0, 0.05) is 43.7 Å². The van der Waals surface area contributed by atoms with E-state index in [1.54, 1.807) is 9.58 Å². The predicted octanol–water partition coefficient (Wildman–Crippen LogP) is 6.20. The molecule has 236 valence electrons. The number of benzene rings is 1. The summed E-state index contributed by atoms with van der Waals surface area (Å²) in [5, 5.41) is 17.6. The molecule has 2 aliphatic rings. The number of alkyl halides is 6. The third-order valence-electron chi connectivity index (χ3n) is 8.41. The lowest BCUT2D eigenvalue weighted by molar-refractivity contribution is -0.143. The van der Waals surface area contributed by atoms with Crippen molar-refractivity contribution in [3.05, 3.63) is 52.2 Å². The number of rotatable bonds is 9. The molecular formula is C29H33F6N9. The molecule has 15 heteroatoms. The van der Waals surface area contributed by atoms with E-state index in [0.717, 1.165) is 79.7 Å². The standard InChI is InChI=1S/C29H33F6N9/c1-17-24-12-20(25(36-26(24)41(2)38-17)44(15-18-8-9-18)23-6-4-5-7-23)16-43(27-37-40-42(3)39-27)14-19-10-21(28(30,31)32)13-22(11-19)29(33,34)35/h10-13,18,23H,4-9,14-16H2,1-3H3. The predicted molar refractivity (Wildman–Crippen MR) is 151 cm³/mol. The van der Waals surface area contributed by atoms with Crippen molar-refractivity contribution in [1.82, 2.24) is 35.0 Å². The van der Waals surface area contributed by atoms with Crippen molar-refractivity contribution in [1.29, 1.82) is 0 Å². The Balaban J connectivity index is 1.46. The second kappa shape index (κ2) is 11.2. The van der Waals surface area contributed by atoms with E-state index in [9.17, 15) is 26.3 Å². The Morgan fingerprint density at radius 1 is 0.864 bits per heavy atom. The van der Waals surface area contributed by atoms with Crippen LogP contribution in [-0.2, 0) is 39.5 Å². The van der Waals surface area contributed by atoms with Gasteiger partial charge >= 0.3 is 12.4 Å². The van der Waals surface area contributed by atoms with Crippen LogP contribution in [0.5, 0.6) is 0 Å². The molecule has 9 nitrogen and oxygen atoms in total. The molecule has 0 N–H and O–H groups in total. The summed E-state index contributed by atoms with van der Waals surface area (Å²) in [5.74, 6) is 1.37. The van der Waals surface area contributed by atoms with Crippen LogP contribution in [0.4, 0.5) is 38.1 Å². The van der Waals surface area contributed by atoms with Gasteiger partial charge < -0.3 is 9.80 Å². The summed E-state index contributed by atoms with van der Waals surface area (Å²) in [4.78, 5) is 10.2. The summed E-state index contributed by atoms with van der Waals surface area (Å²) in [6.07, 6.45) is -3.38. The molecule has 4 aromatic rings. The lowest BCUT2D eigenvalue weighted by atomic mass is 10.0. The lowest BCUT2D eigenvalue weighted by Gasteiger charge is -2.33. The first-order valence-corrected chi connectivity index (χ1v) is 14.6. The summed E-state index contributed by atoms with van der Waals surface area (Å²) in [6, 6.07) is 3.88. The van der Waals surface area contributed by atoms with Gasteiger partial charge in [-0.15, -0.1) is 5.10 Å². The molecule has 3 aromatic heterocycles. The van der Waals surface area contributed by atoms with Crippen LogP contribution in [0.15, 0.2) is 24.3 Å². The third kappa shape index (κ3) is 6.32. The van der Waals surface area contributed by atoms with Crippen LogP contribution in [-0.4, -0.2) is 47.6 Å². The molecule has 1 aromatic carbocycles. The highest BCUT2D eigenvalue weighted by Gasteiger charge is 2.37. The van der Waals surface area contributed by atoms with Gasteiger partial charge in [0.05, 0.1) is 23.9 Å². The van der Waals surface area contributed by atoms with Crippen molar-refractivity contribution in [2.75, 3.05) is 16.3 Å². The summed E-state index contributed by atoms with van der Waals surface area (Å²) in [7, 11) is 3.37. The number of halogens is 6. The molecule has 0 bridgehead atoms. The first kappa shape index (κ1) is 30.1. The largest absolute Gasteiger partial charge is 0.416 e. The summed E-state index contributed by atoms with van der Waals surface area (Å²) in [6.45, 7) is 2.45. The topological polar surface area (TPSA) is 80.8 Å². The van der Waals surface area contributed by atoms with E-state index < -0.39 is 23.5 Å². The fourth-order valence-corrected chi connectivity index (χ4v) is 6.08. The zero-order valence-corrected chi connectivity index (χ0v) is 24.6. The summed E-state index contributed by atoms with van der Waals surface area (Å²) in [5.41, 5.74) is -0.705. The molecule has 2 aliphatic carbocycles. The zero-order chi connectivity index (χ0) is 31.4. The van der Waals surface area contributed by atoms with E-state index in [2.05, 4.69) is 25.4 Å². The molecule has 3 heterocycles. The number of pyridine rings is 1. The molecule has 0 amide bonds. The minimum absolute atomic E-state index is 0.0713. The third-order valence-corrected chi connectivity index (χ3v) is 8.41. The molecule has 0 atom stereocenters. The Bertz CT molecular complexity index is 1620. The van der Waals surface area contributed by atoms with Crippen LogP contribution in [0.2, 0.25) is 0 Å². The van der Waals surface area contributed by atoms with E-state index in [0.29, 0.717) is 11.6 Å². The monoisotopic (exact) mass is 621 g/mol. The van der Waals surface area contributed by atoms with Gasteiger partial charge in [-0.25, -0.2) is 4.98 Å². The number of hydrogen-bond donors (Lipinski definition) is 0. The van der Waals surface area contributed by atoms with Crippen molar-refractivity contribution in [2.45, 2.75) is 76.9 Å². The Hall–Kier alpha value is -3.91. The minimum atomic E-state index is -4.96. The number of hydrogen-bond acceptors (Lipinski definition) is 7. The van der Waals surface area contributed by atoms with Gasteiger partial charge in [-0.1, -0.05) is 17.9 Å². The maximum absolute atomic E-state index is 13.7. The quantitative estimate of drug-likeness (QED) is 0.206. The molecular weight excluding hydrogens is 588 g/mol. The van der Waals surface area contributed by atoms with Crippen molar-refractivity contribution in [3.8, 4) is 0 Å².